The molecule has 0 saturated carbocycles. The van der Waals surface area contributed by atoms with Crippen LogP contribution < -0.4 is 21.7 Å². The lowest BCUT2D eigenvalue weighted by Gasteiger charge is -2.23. The third kappa shape index (κ3) is 7.97. The largest absolute Gasteiger partial charge is 0.480 e. The molecule has 0 aromatic heterocycles. The van der Waals surface area contributed by atoms with Crippen LogP contribution in [0.25, 0.3) is 0 Å². The van der Waals surface area contributed by atoms with Crippen molar-refractivity contribution in [2.45, 2.75) is 44.9 Å². The number of carbonyl (C=O) groups excluding carboxylic acids is 3. The van der Waals surface area contributed by atoms with Gasteiger partial charge in [0, 0.05) is 11.5 Å². The van der Waals surface area contributed by atoms with Gasteiger partial charge in [-0.2, -0.15) is 25.3 Å². The predicted molar refractivity (Wildman–Crippen MR) is 99.6 cm³/mol. The number of aliphatic carboxylic acids is 1. The maximum atomic E-state index is 12.2. The van der Waals surface area contributed by atoms with Crippen LogP contribution in [0.2, 0.25) is 0 Å². The first-order chi connectivity index (χ1) is 11.5. The fraction of sp³-hybridized carbons (Fsp3) is 0.714. The molecular weight excluding hydrogens is 368 g/mol. The van der Waals surface area contributed by atoms with Gasteiger partial charge in [0.2, 0.25) is 17.7 Å². The molecule has 9 nitrogen and oxygen atoms in total. The molecule has 0 fully saturated rings. The summed E-state index contributed by atoms with van der Waals surface area (Å²) in [5.41, 5.74) is 5.72. The topological polar surface area (TPSA) is 151 Å². The number of rotatable bonds is 10. The summed E-state index contributed by atoms with van der Waals surface area (Å²) in [6, 6.07) is -3.93. The Labute approximate surface area is 157 Å². The summed E-state index contributed by atoms with van der Waals surface area (Å²) >= 11 is 7.85. The number of nitrogens with one attached hydrogen (secondary N) is 3. The average Bonchev–Trinajstić information content (AvgIpc) is 2.55. The van der Waals surface area contributed by atoms with E-state index in [0.29, 0.717) is 0 Å². The summed E-state index contributed by atoms with van der Waals surface area (Å²) < 4.78 is 0. The molecule has 0 spiro atoms. The Kier molecular flexibility index (Phi) is 10.6. The highest BCUT2D eigenvalue weighted by molar-refractivity contribution is 7.80. The summed E-state index contributed by atoms with van der Waals surface area (Å²) in [6.45, 7) is 4.93. The lowest BCUT2D eigenvalue weighted by molar-refractivity contribution is -0.141. The van der Waals surface area contributed by atoms with Crippen molar-refractivity contribution in [3.63, 3.8) is 0 Å². The zero-order valence-corrected chi connectivity index (χ0v) is 16.1. The molecule has 144 valence electrons. The third-order valence-electron chi connectivity index (χ3n) is 3.39. The molecule has 4 unspecified atom stereocenters. The van der Waals surface area contributed by atoms with Gasteiger partial charge in [0.25, 0.3) is 0 Å². The fourth-order valence-corrected chi connectivity index (χ4v) is 2.13. The number of nitrogens with two attached hydrogens (primary N) is 1. The summed E-state index contributed by atoms with van der Waals surface area (Å²) in [6.07, 6.45) is 0. The summed E-state index contributed by atoms with van der Waals surface area (Å²) in [4.78, 5) is 46.9. The van der Waals surface area contributed by atoms with Gasteiger partial charge in [0.1, 0.15) is 18.1 Å². The Balaban J connectivity index is 4.73. The molecule has 11 heteroatoms. The molecule has 25 heavy (non-hydrogen) atoms. The fourth-order valence-electron chi connectivity index (χ4n) is 1.63. The summed E-state index contributed by atoms with van der Waals surface area (Å²) in [7, 11) is 0. The minimum Gasteiger partial charge on any atom is -0.480 e. The van der Waals surface area contributed by atoms with E-state index in [2.05, 4.69) is 41.2 Å². The van der Waals surface area contributed by atoms with Crippen LogP contribution in [-0.2, 0) is 19.2 Å². The maximum Gasteiger partial charge on any atom is 0.327 e. The molecule has 6 N–H and O–H groups in total. The van der Waals surface area contributed by atoms with Crippen molar-refractivity contribution in [1.82, 2.24) is 16.0 Å². The lowest BCUT2D eigenvalue weighted by Crippen LogP contribution is -2.57. The molecule has 0 aromatic carbocycles. The van der Waals surface area contributed by atoms with E-state index in [1.807, 2.05) is 0 Å². The molecule has 0 saturated heterocycles. The zero-order valence-electron chi connectivity index (χ0n) is 14.4. The molecule has 0 radical (unpaired) electrons. The molecule has 0 bridgehead atoms. The molecule has 0 aliphatic rings. The number of hydrogen-bond donors (Lipinski definition) is 7. The van der Waals surface area contributed by atoms with Crippen LogP contribution in [0.5, 0.6) is 0 Å². The highest BCUT2D eigenvalue weighted by Crippen LogP contribution is 2.00. The van der Waals surface area contributed by atoms with E-state index in [4.69, 9.17) is 10.8 Å². The quantitative estimate of drug-likeness (QED) is 0.222. The van der Waals surface area contributed by atoms with E-state index in [9.17, 15) is 19.2 Å². The van der Waals surface area contributed by atoms with E-state index in [1.54, 1.807) is 13.8 Å². The van der Waals surface area contributed by atoms with Crippen LogP contribution in [0.15, 0.2) is 0 Å². The Hall–Kier alpha value is -1.46. The van der Waals surface area contributed by atoms with Crippen LogP contribution >= 0.6 is 25.3 Å². The number of thiol groups is 2. The highest BCUT2D eigenvalue weighted by Gasteiger charge is 2.27. The van der Waals surface area contributed by atoms with Crippen LogP contribution in [0.1, 0.15) is 20.8 Å². The molecule has 3 amide bonds. The molecule has 4 atom stereocenters. The lowest BCUT2D eigenvalue weighted by atomic mass is 10.0. The van der Waals surface area contributed by atoms with Gasteiger partial charge < -0.3 is 26.8 Å². The Morgan fingerprint density at radius 2 is 1.36 bits per heavy atom. The maximum absolute atomic E-state index is 12.2. The number of amides is 3. The molecule has 0 aromatic rings. The number of carboxylic acids is 1. The Morgan fingerprint density at radius 1 is 0.880 bits per heavy atom. The van der Waals surface area contributed by atoms with E-state index in [0.717, 1.165) is 0 Å². The first kappa shape index (κ1) is 23.5. The van der Waals surface area contributed by atoms with Gasteiger partial charge in [0.05, 0.1) is 6.04 Å². The first-order valence-corrected chi connectivity index (χ1v) is 8.92. The number of carboxylic acid groups (broad SMARTS) is 1. The Morgan fingerprint density at radius 3 is 1.76 bits per heavy atom. The van der Waals surface area contributed by atoms with Crippen molar-refractivity contribution < 1.29 is 24.3 Å². The Bertz CT molecular complexity index is 504. The SMILES string of the molecule is CC(NC(=O)C(CS)NC(=O)C(N)C(C)C)C(=O)NC(CS)C(=O)O. The van der Waals surface area contributed by atoms with Crippen LogP contribution in [-0.4, -0.2) is 64.5 Å². The van der Waals surface area contributed by atoms with E-state index >= 15 is 0 Å². The van der Waals surface area contributed by atoms with E-state index < -0.39 is 47.9 Å². The second kappa shape index (κ2) is 11.2. The second-order valence-electron chi connectivity index (χ2n) is 5.83. The van der Waals surface area contributed by atoms with Crippen LogP contribution in [0.4, 0.5) is 0 Å². The van der Waals surface area contributed by atoms with Gasteiger partial charge >= 0.3 is 5.97 Å². The van der Waals surface area contributed by atoms with Crippen LogP contribution in [0, 0.1) is 5.92 Å². The highest BCUT2D eigenvalue weighted by atomic mass is 32.1. The standard InChI is InChI=1S/C14H26N4O5S2/c1-6(2)10(15)13(21)17-8(4-24)12(20)16-7(3)11(19)18-9(5-25)14(22)23/h6-10,24-25H,4-5,15H2,1-3H3,(H,16,20)(H,17,21)(H,18,19)(H,22,23). The predicted octanol–water partition coefficient (Wildman–Crippen LogP) is -1.61. The van der Waals surface area contributed by atoms with Gasteiger partial charge in [-0.25, -0.2) is 4.79 Å². The average molecular weight is 395 g/mol. The first-order valence-electron chi connectivity index (χ1n) is 7.66. The number of hydrogen-bond acceptors (Lipinski definition) is 7. The van der Waals surface area contributed by atoms with Gasteiger partial charge in [0.15, 0.2) is 0 Å². The summed E-state index contributed by atoms with van der Waals surface area (Å²) in [5.74, 6) is -3.23. The van der Waals surface area contributed by atoms with Crippen molar-refractivity contribution in [2.24, 2.45) is 11.7 Å². The number of carbonyl (C=O) groups is 4. The smallest absolute Gasteiger partial charge is 0.327 e. The second-order valence-corrected chi connectivity index (χ2v) is 6.56. The minimum atomic E-state index is -1.23. The van der Waals surface area contributed by atoms with E-state index in [-0.39, 0.29) is 17.4 Å². The van der Waals surface area contributed by atoms with Gasteiger partial charge in [-0.05, 0) is 12.8 Å². The van der Waals surface area contributed by atoms with Crippen LogP contribution in [0.3, 0.4) is 0 Å². The monoisotopic (exact) mass is 394 g/mol. The molecule has 0 rings (SSSR count). The van der Waals surface area contributed by atoms with Gasteiger partial charge in [-0.15, -0.1) is 0 Å². The zero-order chi connectivity index (χ0) is 19.7. The van der Waals surface area contributed by atoms with Crippen molar-refractivity contribution in [3.05, 3.63) is 0 Å². The van der Waals surface area contributed by atoms with Crippen molar-refractivity contribution >= 4 is 48.9 Å². The van der Waals surface area contributed by atoms with Gasteiger partial charge in [-0.3, -0.25) is 14.4 Å². The van der Waals surface area contributed by atoms with Crippen molar-refractivity contribution in [2.75, 3.05) is 11.5 Å². The van der Waals surface area contributed by atoms with Crippen molar-refractivity contribution in [1.29, 1.82) is 0 Å². The van der Waals surface area contributed by atoms with Gasteiger partial charge in [-0.1, -0.05) is 13.8 Å². The minimum absolute atomic E-state index is 0.00508. The van der Waals surface area contributed by atoms with Crippen molar-refractivity contribution in [3.8, 4) is 0 Å². The molecule has 0 heterocycles. The summed E-state index contributed by atoms with van der Waals surface area (Å²) in [5, 5.41) is 16.0. The normalized spacial score (nSPS) is 15.6. The molecule has 0 aliphatic heterocycles. The molecular formula is C14H26N4O5S2. The third-order valence-corrected chi connectivity index (χ3v) is 4.12. The molecule has 0 aliphatic carbocycles. The van der Waals surface area contributed by atoms with E-state index in [1.165, 1.54) is 6.92 Å².